The molecule has 5 rings (SSSR count). The molecule has 156 valence electrons. The highest BCUT2D eigenvalue weighted by Crippen LogP contribution is 2.27. The first-order chi connectivity index (χ1) is 14.5. The minimum atomic E-state index is -0.518. The molecule has 1 unspecified atom stereocenters. The number of nitrogens with zero attached hydrogens (tertiary/aromatic N) is 5. The maximum atomic E-state index is 14.8. The van der Waals surface area contributed by atoms with Gasteiger partial charge in [-0.15, -0.1) is 0 Å². The van der Waals surface area contributed by atoms with Crippen LogP contribution >= 0.6 is 0 Å². The number of amides is 1. The third kappa shape index (κ3) is 3.41. The van der Waals surface area contributed by atoms with Crippen LogP contribution in [0.2, 0.25) is 0 Å². The minimum Gasteiger partial charge on any atom is -0.369 e. The predicted octanol–water partition coefficient (Wildman–Crippen LogP) is 3.02. The smallest absolute Gasteiger partial charge is 0.259 e. The topological polar surface area (TPSA) is 65.8 Å². The Morgan fingerprint density at radius 2 is 2.03 bits per heavy atom. The second-order valence-corrected chi connectivity index (χ2v) is 8.22. The molecule has 2 saturated heterocycles. The molecule has 2 aliphatic heterocycles. The summed E-state index contributed by atoms with van der Waals surface area (Å²) >= 11 is 0. The van der Waals surface area contributed by atoms with E-state index in [0.717, 1.165) is 36.7 Å². The Morgan fingerprint density at radius 3 is 2.87 bits per heavy atom. The van der Waals surface area contributed by atoms with Gasteiger partial charge in [-0.2, -0.15) is 0 Å². The van der Waals surface area contributed by atoms with Crippen molar-refractivity contribution >= 4 is 23.1 Å². The summed E-state index contributed by atoms with van der Waals surface area (Å²) in [6, 6.07) is 5.43. The Kier molecular flexibility index (Phi) is 4.66. The molecule has 0 aliphatic carbocycles. The number of carbonyl (C=O) groups is 1. The minimum absolute atomic E-state index is 0.0135. The molecule has 0 spiro atoms. The van der Waals surface area contributed by atoms with Crippen LogP contribution in [0.1, 0.15) is 34.6 Å². The number of nitrogens with one attached hydrogen (secondary N) is 1. The SMILES string of the molecule is Cc1cn2cc(NC(=O)c3ccc(N4CCN5CCCC5C4)cc3F)nc(C)c2n1. The quantitative estimate of drug-likeness (QED) is 0.722. The number of fused-ring (bicyclic) bond motifs is 2. The third-order valence-corrected chi connectivity index (χ3v) is 6.12. The van der Waals surface area contributed by atoms with Gasteiger partial charge in [-0.1, -0.05) is 0 Å². The molecular weight excluding hydrogens is 383 g/mol. The van der Waals surface area contributed by atoms with Gasteiger partial charge in [0.05, 0.1) is 23.1 Å². The summed E-state index contributed by atoms with van der Waals surface area (Å²) < 4.78 is 16.6. The largest absolute Gasteiger partial charge is 0.369 e. The van der Waals surface area contributed by atoms with Crippen molar-refractivity contribution < 1.29 is 9.18 Å². The monoisotopic (exact) mass is 408 g/mol. The van der Waals surface area contributed by atoms with Gasteiger partial charge in [0.1, 0.15) is 11.6 Å². The van der Waals surface area contributed by atoms with E-state index < -0.39 is 11.7 Å². The Morgan fingerprint density at radius 1 is 1.17 bits per heavy atom. The van der Waals surface area contributed by atoms with E-state index in [0.29, 0.717) is 17.6 Å². The molecule has 1 aromatic carbocycles. The van der Waals surface area contributed by atoms with Crippen LogP contribution in [0.4, 0.5) is 15.9 Å². The third-order valence-electron chi connectivity index (χ3n) is 6.12. The van der Waals surface area contributed by atoms with E-state index in [1.165, 1.54) is 25.5 Å². The molecule has 1 atom stereocenters. The van der Waals surface area contributed by atoms with Gasteiger partial charge in [-0.05, 0) is 51.4 Å². The second-order valence-electron chi connectivity index (χ2n) is 8.22. The number of piperazine rings is 1. The fourth-order valence-corrected chi connectivity index (χ4v) is 4.63. The zero-order valence-corrected chi connectivity index (χ0v) is 17.2. The predicted molar refractivity (Wildman–Crippen MR) is 114 cm³/mol. The highest BCUT2D eigenvalue weighted by atomic mass is 19.1. The molecule has 3 aromatic rings. The van der Waals surface area contributed by atoms with Crippen molar-refractivity contribution in [1.82, 2.24) is 19.3 Å². The van der Waals surface area contributed by atoms with Gasteiger partial charge < -0.3 is 14.6 Å². The Balaban J connectivity index is 1.33. The Hall–Kier alpha value is -3.00. The van der Waals surface area contributed by atoms with Crippen LogP contribution in [0.25, 0.3) is 5.65 Å². The van der Waals surface area contributed by atoms with Gasteiger partial charge in [-0.25, -0.2) is 14.4 Å². The molecule has 1 amide bonds. The average molecular weight is 408 g/mol. The molecular formula is C22H25FN6O. The lowest BCUT2D eigenvalue weighted by Gasteiger charge is -2.38. The van der Waals surface area contributed by atoms with Crippen LogP contribution < -0.4 is 10.2 Å². The van der Waals surface area contributed by atoms with Gasteiger partial charge in [-0.3, -0.25) is 9.69 Å². The fourth-order valence-electron chi connectivity index (χ4n) is 4.63. The lowest BCUT2D eigenvalue weighted by molar-refractivity contribution is 0.102. The van der Waals surface area contributed by atoms with Crippen molar-refractivity contribution in [2.45, 2.75) is 32.7 Å². The zero-order chi connectivity index (χ0) is 20.8. The average Bonchev–Trinajstić information content (AvgIpc) is 3.33. The maximum absolute atomic E-state index is 14.8. The summed E-state index contributed by atoms with van der Waals surface area (Å²) in [4.78, 5) is 26.2. The van der Waals surface area contributed by atoms with Crippen LogP contribution in [0, 0.1) is 19.7 Å². The van der Waals surface area contributed by atoms with Crippen molar-refractivity contribution in [1.29, 1.82) is 0 Å². The van der Waals surface area contributed by atoms with E-state index in [1.54, 1.807) is 12.3 Å². The van der Waals surface area contributed by atoms with Crippen LogP contribution in [-0.2, 0) is 0 Å². The second kappa shape index (κ2) is 7.36. The van der Waals surface area contributed by atoms with E-state index >= 15 is 0 Å². The lowest BCUT2D eigenvalue weighted by Crippen LogP contribution is -2.50. The summed E-state index contributed by atoms with van der Waals surface area (Å²) in [7, 11) is 0. The number of hydrogen-bond acceptors (Lipinski definition) is 5. The number of aryl methyl sites for hydroxylation is 2. The van der Waals surface area contributed by atoms with Crippen LogP contribution in [-0.4, -0.2) is 57.4 Å². The fraction of sp³-hybridized carbons (Fsp3) is 0.409. The molecule has 1 N–H and O–H groups in total. The summed E-state index contributed by atoms with van der Waals surface area (Å²) in [5.41, 5.74) is 3.15. The van der Waals surface area contributed by atoms with Gasteiger partial charge in [0.25, 0.3) is 5.91 Å². The molecule has 2 aliphatic rings. The molecule has 30 heavy (non-hydrogen) atoms. The highest BCUT2D eigenvalue weighted by molar-refractivity contribution is 6.04. The maximum Gasteiger partial charge on any atom is 0.259 e. The standard InChI is InChI=1S/C22H25FN6O/c1-14-11-29-13-20(25-15(2)21(29)24-14)26-22(30)18-6-5-16(10-19(18)23)28-9-8-27-7-3-4-17(27)12-28/h5-6,10-11,13,17H,3-4,7-9,12H2,1-2H3,(H,26,30). The molecule has 2 aromatic heterocycles. The Labute approximate surface area is 174 Å². The molecule has 7 nitrogen and oxygen atoms in total. The van der Waals surface area contributed by atoms with E-state index in [4.69, 9.17) is 0 Å². The number of anilines is 2. The number of aromatic nitrogens is 3. The molecule has 2 fully saturated rings. The zero-order valence-electron chi connectivity index (χ0n) is 17.2. The summed E-state index contributed by atoms with van der Waals surface area (Å²) in [6.07, 6.45) is 5.99. The molecule has 0 bridgehead atoms. The number of hydrogen-bond donors (Lipinski definition) is 1. The molecule has 8 heteroatoms. The van der Waals surface area contributed by atoms with E-state index in [9.17, 15) is 9.18 Å². The van der Waals surface area contributed by atoms with Crippen molar-refractivity contribution in [3.05, 3.63) is 53.4 Å². The molecule has 0 saturated carbocycles. The van der Waals surface area contributed by atoms with Gasteiger partial charge in [0.15, 0.2) is 5.65 Å². The number of carbonyl (C=O) groups excluding carboxylic acids is 1. The Bertz CT molecular complexity index is 1130. The molecule has 4 heterocycles. The summed E-state index contributed by atoms with van der Waals surface area (Å²) in [6.45, 7) is 7.71. The number of imidazole rings is 1. The van der Waals surface area contributed by atoms with Gasteiger partial charge >= 0.3 is 0 Å². The van der Waals surface area contributed by atoms with Crippen molar-refractivity contribution in [3.63, 3.8) is 0 Å². The first-order valence-corrected chi connectivity index (χ1v) is 10.4. The van der Waals surface area contributed by atoms with E-state index in [2.05, 4.69) is 25.1 Å². The highest BCUT2D eigenvalue weighted by Gasteiger charge is 2.31. The first-order valence-electron chi connectivity index (χ1n) is 10.4. The number of benzene rings is 1. The van der Waals surface area contributed by atoms with Crippen LogP contribution in [0.15, 0.2) is 30.6 Å². The van der Waals surface area contributed by atoms with E-state index in [-0.39, 0.29) is 5.56 Å². The van der Waals surface area contributed by atoms with Crippen molar-refractivity contribution in [2.24, 2.45) is 0 Å². The first kappa shape index (κ1) is 19.0. The number of rotatable bonds is 3. The summed E-state index contributed by atoms with van der Waals surface area (Å²) in [5, 5.41) is 2.71. The van der Waals surface area contributed by atoms with E-state index in [1.807, 2.05) is 30.5 Å². The lowest BCUT2D eigenvalue weighted by atomic mass is 10.1. The summed E-state index contributed by atoms with van der Waals surface area (Å²) in [5.74, 6) is -0.666. The van der Waals surface area contributed by atoms with Crippen LogP contribution in [0.3, 0.4) is 0 Å². The van der Waals surface area contributed by atoms with Crippen LogP contribution in [0.5, 0.6) is 0 Å². The van der Waals surface area contributed by atoms with Gasteiger partial charge in [0, 0.05) is 37.6 Å². The van der Waals surface area contributed by atoms with Crippen molar-refractivity contribution in [2.75, 3.05) is 36.4 Å². The van der Waals surface area contributed by atoms with Gasteiger partial charge in [0.2, 0.25) is 0 Å². The molecule has 0 radical (unpaired) electrons. The van der Waals surface area contributed by atoms with Crippen molar-refractivity contribution in [3.8, 4) is 0 Å². The normalized spacial score (nSPS) is 19.3. The number of halogens is 1.